The van der Waals surface area contributed by atoms with Crippen molar-refractivity contribution in [2.24, 2.45) is 0 Å². The van der Waals surface area contributed by atoms with Gasteiger partial charge in [-0.3, -0.25) is 4.79 Å². The summed E-state index contributed by atoms with van der Waals surface area (Å²) in [5.74, 6) is -2.12. The van der Waals surface area contributed by atoms with Crippen LogP contribution in [0.3, 0.4) is 0 Å². The van der Waals surface area contributed by atoms with E-state index in [-0.39, 0.29) is 22.9 Å². The molecule has 1 aliphatic rings. The molecule has 1 fully saturated rings. The number of carboxylic acid groups (broad SMARTS) is 1. The molecular weight excluding hydrogens is 423 g/mol. The third-order valence-corrected chi connectivity index (χ3v) is 5.73. The monoisotopic (exact) mass is 448 g/mol. The van der Waals surface area contributed by atoms with Gasteiger partial charge in [-0.1, -0.05) is 24.3 Å². The lowest BCUT2D eigenvalue weighted by molar-refractivity contribution is 0.0696. The Morgan fingerprint density at radius 3 is 2.58 bits per heavy atom. The molecular formula is C25H25FN4O3. The predicted molar refractivity (Wildman–Crippen MR) is 126 cm³/mol. The highest BCUT2D eigenvalue weighted by molar-refractivity contribution is 6.05. The van der Waals surface area contributed by atoms with E-state index in [2.05, 4.69) is 47.2 Å². The molecule has 0 spiro atoms. The molecule has 2 heterocycles. The maximum atomic E-state index is 13.9. The number of carboxylic acids is 1. The maximum absolute atomic E-state index is 13.9. The number of anilines is 3. The first-order valence-electron chi connectivity index (χ1n) is 10.7. The van der Waals surface area contributed by atoms with Crippen molar-refractivity contribution in [3.8, 4) is 0 Å². The Balaban J connectivity index is 1.53. The van der Waals surface area contributed by atoms with E-state index in [0.29, 0.717) is 18.9 Å². The number of rotatable bonds is 5. The van der Waals surface area contributed by atoms with Gasteiger partial charge in [0.15, 0.2) is 0 Å². The minimum Gasteiger partial charge on any atom is -0.478 e. The average Bonchev–Trinajstić information content (AvgIpc) is 2.79. The fourth-order valence-electron chi connectivity index (χ4n) is 4.12. The van der Waals surface area contributed by atoms with Crippen molar-refractivity contribution >= 4 is 29.1 Å². The largest absolute Gasteiger partial charge is 0.478 e. The molecule has 0 bridgehead atoms. The summed E-state index contributed by atoms with van der Waals surface area (Å²) >= 11 is 0. The number of nitrogens with one attached hydrogen (secondary N) is 1. The van der Waals surface area contributed by atoms with Crippen LogP contribution in [-0.4, -0.2) is 47.6 Å². The molecule has 2 N–H and O–H groups in total. The first-order chi connectivity index (χ1) is 15.8. The molecule has 8 heteroatoms. The molecule has 7 nitrogen and oxygen atoms in total. The Hall–Kier alpha value is -3.94. The molecule has 1 aliphatic heterocycles. The smallest absolute Gasteiger partial charge is 0.339 e. The normalized spacial score (nSPS) is 15.9. The van der Waals surface area contributed by atoms with Crippen LogP contribution in [0.25, 0.3) is 0 Å². The summed E-state index contributed by atoms with van der Waals surface area (Å²) < 4.78 is 13.9. The van der Waals surface area contributed by atoms with E-state index >= 15 is 0 Å². The molecule has 1 unspecified atom stereocenters. The zero-order chi connectivity index (χ0) is 23.5. The highest BCUT2D eigenvalue weighted by atomic mass is 19.1. The number of aryl methyl sites for hydroxylation is 1. The van der Waals surface area contributed by atoms with Crippen LogP contribution < -0.4 is 15.1 Å². The molecule has 1 aromatic heterocycles. The SMILES string of the molecule is Cc1cccc(N2CCN(c3ncc(NC(=O)c4ccccc4F)cc3C(=O)O)CC2C)c1. The maximum Gasteiger partial charge on any atom is 0.339 e. The molecule has 2 aromatic carbocycles. The van der Waals surface area contributed by atoms with Gasteiger partial charge in [0.25, 0.3) is 5.91 Å². The van der Waals surface area contributed by atoms with Crippen LogP contribution in [0.4, 0.5) is 21.6 Å². The van der Waals surface area contributed by atoms with E-state index in [9.17, 15) is 19.1 Å². The van der Waals surface area contributed by atoms with Crippen molar-refractivity contribution in [2.45, 2.75) is 19.9 Å². The second kappa shape index (κ2) is 9.28. The van der Waals surface area contributed by atoms with Crippen LogP contribution in [0.5, 0.6) is 0 Å². The Morgan fingerprint density at radius 1 is 1.09 bits per heavy atom. The van der Waals surface area contributed by atoms with Crippen LogP contribution in [0, 0.1) is 12.7 Å². The fourth-order valence-corrected chi connectivity index (χ4v) is 4.12. The molecule has 33 heavy (non-hydrogen) atoms. The number of halogens is 1. The Labute approximate surface area is 191 Å². The molecule has 1 saturated heterocycles. The molecule has 4 rings (SSSR count). The highest BCUT2D eigenvalue weighted by Crippen LogP contribution is 2.27. The van der Waals surface area contributed by atoms with E-state index in [1.54, 1.807) is 6.07 Å². The van der Waals surface area contributed by atoms with E-state index in [4.69, 9.17) is 0 Å². The number of aromatic carboxylic acids is 1. The first kappa shape index (κ1) is 22.3. The zero-order valence-corrected chi connectivity index (χ0v) is 18.5. The summed E-state index contributed by atoms with van der Waals surface area (Å²) in [5, 5.41) is 12.3. The standard InChI is InChI=1S/C25H25FN4O3/c1-16-6-5-7-19(12-16)30-11-10-29(15-17(30)2)23-21(25(32)33)13-18(14-27-23)28-24(31)20-8-3-4-9-22(20)26/h3-9,12-14,17H,10-11,15H2,1-2H3,(H,28,31)(H,32,33). The first-order valence-corrected chi connectivity index (χ1v) is 10.7. The van der Waals surface area contributed by atoms with Crippen molar-refractivity contribution < 1.29 is 19.1 Å². The third-order valence-electron chi connectivity index (χ3n) is 5.73. The predicted octanol–water partition coefficient (Wildman–Crippen LogP) is 4.19. The van der Waals surface area contributed by atoms with Crippen LogP contribution >= 0.6 is 0 Å². The van der Waals surface area contributed by atoms with Crippen LogP contribution in [-0.2, 0) is 0 Å². The quantitative estimate of drug-likeness (QED) is 0.609. The molecule has 0 saturated carbocycles. The van der Waals surface area contributed by atoms with Crippen molar-refractivity contribution in [3.05, 3.63) is 83.3 Å². The molecule has 1 atom stereocenters. The molecule has 3 aromatic rings. The van der Waals surface area contributed by atoms with Crippen molar-refractivity contribution in [2.75, 3.05) is 34.8 Å². The summed E-state index contributed by atoms with van der Waals surface area (Å²) in [6, 6.07) is 15.4. The van der Waals surface area contributed by atoms with Crippen LogP contribution in [0.15, 0.2) is 60.8 Å². The van der Waals surface area contributed by atoms with E-state index < -0.39 is 17.7 Å². The van der Waals surface area contributed by atoms with Crippen molar-refractivity contribution in [1.29, 1.82) is 0 Å². The second-order valence-electron chi connectivity index (χ2n) is 8.16. The van der Waals surface area contributed by atoms with Gasteiger partial charge in [0.05, 0.1) is 17.4 Å². The van der Waals surface area contributed by atoms with Crippen LogP contribution in [0.1, 0.15) is 33.2 Å². The number of pyridine rings is 1. The van der Waals surface area contributed by atoms with Gasteiger partial charge in [-0.2, -0.15) is 0 Å². The summed E-state index contributed by atoms with van der Waals surface area (Å²) in [6.45, 7) is 6.07. The number of aromatic nitrogens is 1. The van der Waals surface area contributed by atoms with Crippen molar-refractivity contribution in [1.82, 2.24) is 4.98 Å². The molecule has 0 aliphatic carbocycles. The lowest BCUT2D eigenvalue weighted by Crippen LogP contribution is -2.52. The van der Waals surface area contributed by atoms with E-state index in [1.807, 2.05) is 11.0 Å². The van der Waals surface area contributed by atoms with Gasteiger partial charge in [0.1, 0.15) is 17.2 Å². The Kier molecular flexibility index (Phi) is 6.26. The van der Waals surface area contributed by atoms with E-state index in [1.165, 1.54) is 36.0 Å². The number of hydrogen-bond acceptors (Lipinski definition) is 5. The fraction of sp³-hybridized carbons (Fsp3) is 0.240. The Bertz CT molecular complexity index is 1200. The number of piperazine rings is 1. The van der Waals surface area contributed by atoms with Crippen molar-refractivity contribution in [3.63, 3.8) is 0 Å². The average molecular weight is 448 g/mol. The topological polar surface area (TPSA) is 85.8 Å². The van der Waals surface area contributed by atoms with Gasteiger partial charge in [-0.25, -0.2) is 14.2 Å². The minimum atomic E-state index is -1.15. The Morgan fingerprint density at radius 2 is 1.88 bits per heavy atom. The number of benzene rings is 2. The molecule has 1 amide bonds. The number of amides is 1. The van der Waals surface area contributed by atoms with Gasteiger partial charge in [0.2, 0.25) is 0 Å². The lowest BCUT2D eigenvalue weighted by atomic mass is 10.1. The number of carbonyl (C=O) groups is 2. The van der Waals surface area contributed by atoms with Crippen LogP contribution in [0.2, 0.25) is 0 Å². The summed E-state index contributed by atoms with van der Waals surface area (Å²) in [7, 11) is 0. The van der Waals surface area contributed by atoms with Gasteiger partial charge in [-0.15, -0.1) is 0 Å². The summed E-state index contributed by atoms with van der Waals surface area (Å²) in [5.41, 5.74) is 2.37. The van der Waals surface area contributed by atoms with Gasteiger partial charge in [-0.05, 0) is 49.7 Å². The van der Waals surface area contributed by atoms with E-state index in [0.717, 1.165) is 12.2 Å². The van der Waals surface area contributed by atoms with Gasteiger partial charge >= 0.3 is 5.97 Å². The number of hydrogen-bond donors (Lipinski definition) is 2. The zero-order valence-electron chi connectivity index (χ0n) is 18.5. The summed E-state index contributed by atoms with van der Waals surface area (Å²) in [6.07, 6.45) is 1.40. The van der Waals surface area contributed by atoms with Gasteiger partial charge < -0.3 is 20.2 Å². The third kappa shape index (κ3) is 4.79. The second-order valence-corrected chi connectivity index (χ2v) is 8.16. The lowest BCUT2D eigenvalue weighted by Gasteiger charge is -2.42. The number of carbonyl (C=O) groups excluding carboxylic acids is 1. The number of nitrogens with zero attached hydrogens (tertiary/aromatic N) is 3. The van der Waals surface area contributed by atoms with Gasteiger partial charge in [0, 0.05) is 31.4 Å². The minimum absolute atomic E-state index is 0.0162. The molecule has 170 valence electrons. The highest BCUT2D eigenvalue weighted by Gasteiger charge is 2.28. The molecule has 0 radical (unpaired) electrons. The summed E-state index contributed by atoms with van der Waals surface area (Å²) in [4.78, 5) is 33.0.